The van der Waals surface area contributed by atoms with Crippen LogP contribution < -0.4 is 19.7 Å². The fourth-order valence-corrected chi connectivity index (χ4v) is 6.73. The zero-order chi connectivity index (χ0) is 30.4. The van der Waals surface area contributed by atoms with E-state index in [1.54, 1.807) is 25.2 Å². The highest BCUT2D eigenvalue weighted by molar-refractivity contribution is 7.90. The number of amides is 1. The number of sulfone groups is 1. The molecule has 10 heteroatoms. The van der Waals surface area contributed by atoms with Gasteiger partial charge in [0.2, 0.25) is 0 Å². The molecule has 43 heavy (non-hydrogen) atoms. The summed E-state index contributed by atoms with van der Waals surface area (Å²) in [6.07, 6.45) is 1.59. The molecule has 3 aromatic rings. The standard InChI is InChI=1S/C33H40N2O7S/c1-39-17-7-16-35-29-18-25(12-15-30(29)41-21-33(35)36)32(22-43(3,37)38)42-31-20-34-28(24-8-5-4-6-9-24)19-27(31)23-10-13-26(40-2)14-11-23/h4-6,8-15,18,27-28,31-32,34H,7,16-17,19-22H2,1-3H3/t27-,28+,31+,32?/m1/s1. The van der Waals surface area contributed by atoms with E-state index in [-0.39, 0.29) is 36.3 Å². The van der Waals surface area contributed by atoms with Gasteiger partial charge in [0, 0.05) is 45.0 Å². The van der Waals surface area contributed by atoms with Gasteiger partial charge in [0.1, 0.15) is 21.3 Å². The van der Waals surface area contributed by atoms with Crippen molar-refractivity contribution in [3.63, 3.8) is 0 Å². The van der Waals surface area contributed by atoms with E-state index in [1.807, 2.05) is 42.5 Å². The number of nitrogens with one attached hydrogen (secondary N) is 1. The van der Waals surface area contributed by atoms with Crippen molar-refractivity contribution in [1.29, 1.82) is 0 Å². The Hall–Kier alpha value is -3.44. The third-order valence-electron chi connectivity index (χ3n) is 8.07. The number of nitrogens with zero attached hydrogens (tertiary/aromatic N) is 1. The first kappa shape index (κ1) is 31.0. The number of fused-ring (bicyclic) bond motifs is 1. The fraction of sp³-hybridized carbons (Fsp3) is 0.424. The van der Waals surface area contributed by atoms with Gasteiger partial charge in [-0.1, -0.05) is 48.5 Å². The lowest BCUT2D eigenvalue weighted by Crippen LogP contribution is -2.44. The Balaban J connectivity index is 1.46. The molecule has 3 aromatic carbocycles. The highest BCUT2D eigenvalue weighted by Crippen LogP contribution is 2.40. The maximum Gasteiger partial charge on any atom is 0.265 e. The molecule has 1 unspecified atom stereocenters. The van der Waals surface area contributed by atoms with Crippen molar-refractivity contribution in [2.75, 3.05) is 57.4 Å². The Labute approximate surface area is 254 Å². The molecule has 0 bridgehead atoms. The quantitative estimate of drug-likeness (QED) is 0.301. The summed E-state index contributed by atoms with van der Waals surface area (Å²) < 4.78 is 48.4. The molecule has 2 aliphatic heterocycles. The van der Waals surface area contributed by atoms with Crippen LogP contribution in [0.15, 0.2) is 72.8 Å². The molecule has 1 N–H and O–H groups in total. The molecule has 0 saturated carbocycles. The van der Waals surface area contributed by atoms with E-state index in [0.29, 0.717) is 43.1 Å². The van der Waals surface area contributed by atoms with Crippen LogP contribution in [0.2, 0.25) is 0 Å². The minimum atomic E-state index is -3.42. The van der Waals surface area contributed by atoms with E-state index >= 15 is 0 Å². The smallest absolute Gasteiger partial charge is 0.265 e. The van der Waals surface area contributed by atoms with Crippen LogP contribution in [0.3, 0.4) is 0 Å². The van der Waals surface area contributed by atoms with Crippen LogP contribution in [0.5, 0.6) is 11.5 Å². The molecule has 0 aliphatic carbocycles. The first-order chi connectivity index (χ1) is 20.8. The summed E-state index contributed by atoms with van der Waals surface area (Å²) in [5.41, 5.74) is 3.59. The Bertz CT molecular complexity index is 1480. The maximum atomic E-state index is 12.8. The van der Waals surface area contributed by atoms with Gasteiger partial charge in [0.25, 0.3) is 5.91 Å². The van der Waals surface area contributed by atoms with Crippen molar-refractivity contribution in [3.8, 4) is 11.5 Å². The zero-order valence-corrected chi connectivity index (χ0v) is 25.7. The molecule has 1 fully saturated rings. The highest BCUT2D eigenvalue weighted by Gasteiger charge is 2.36. The first-order valence-electron chi connectivity index (χ1n) is 14.6. The van der Waals surface area contributed by atoms with Crippen molar-refractivity contribution in [2.45, 2.75) is 37.0 Å². The average Bonchev–Trinajstić information content (AvgIpc) is 3.01. The summed E-state index contributed by atoms with van der Waals surface area (Å²) in [5.74, 6) is 1.00. The third-order valence-corrected chi connectivity index (χ3v) is 8.98. The number of benzene rings is 3. The number of ether oxygens (including phenoxy) is 4. The highest BCUT2D eigenvalue weighted by atomic mass is 32.2. The minimum Gasteiger partial charge on any atom is -0.497 e. The predicted molar refractivity (Wildman–Crippen MR) is 166 cm³/mol. The Morgan fingerprint density at radius 3 is 2.49 bits per heavy atom. The second-order valence-electron chi connectivity index (χ2n) is 11.2. The topological polar surface area (TPSA) is 103 Å². The first-order valence-corrected chi connectivity index (χ1v) is 16.6. The molecule has 2 heterocycles. The van der Waals surface area contributed by atoms with Crippen molar-refractivity contribution in [3.05, 3.63) is 89.5 Å². The van der Waals surface area contributed by atoms with Crippen LogP contribution in [-0.4, -0.2) is 73.0 Å². The van der Waals surface area contributed by atoms with Crippen LogP contribution in [-0.2, 0) is 24.1 Å². The van der Waals surface area contributed by atoms with Gasteiger partial charge in [-0.3, -0.25) is 4.79 Å². The van der Waals surface area contributed by atoms with Crippen LogP contribution in [0.1, 0.15) is 47.6 Å². The summed E-state index contributed by atoms with van der Waals surface area (Å²) in [4.78, 5) is 14.5. The lowest BCUT2D eigenvalue weighted by Gasteiger charge is -2.39. The third kappa shape index (κ3) is 7.75. The van der Waals surface area contributed by atoms with Crippen molar-refractivity contribution < 1.29 is 32.2 Å². The van der Waals surface area contributed by atoms with Crippen LogP contribution in [0, 0.1) is 0 Å². The molecule has 0 aromatic heterocycles. The molecule has 0 spiro atoms. The normalized spacial score (nSPS) is 21.1. The van der Waals surface area contributed by atoms with Gasteiger partial charge < -0.3 is 29.2 Å². The molecular weight excluding hydrogens is 568 g/mol. The van der Waals surface area contributed by atoms with Crippen LogP contribution in [0.25, 0.3) is 0 Å². The molecule has 9 nitrogen and oxygen atoms in total. The number of rotatable bonds is 12. The molecule has 1 saturated heterocycles. The van der Waals surface area contributed by atoms with Gasteiger partial charge in [-0.2, -0.15) is 0 Å². The monoisotopic (exact) mass is 608 g/mol. The van der Waals surface area contributed by atoms with Gasteiger partial charge in [-0.15, -0.1) is 0 Å². The van der Waals surface area contributed by atoms with Crippen molar-refractivity contribution in [1.82, 2.24) is 5.32 Å². The van der Waals surface area contributed by atoms with E-state index in [0.717, 1.165) is 17.7 Å². The van der Waals surface area contributed by atoms with E-state index in [2.05, 4.69) is 29.6 Å². The van der Waals surface area contributed by atoms with E-state index in [4.69, 9.17) is 18.9 Å². The molecule has 230 valence electrons. The van der Waals surface area contributed by atoms with Gasteiger partial charge in [0.15, 0.2) is 6.61 Å². The van der Waals surface area contributed by atoms with Gasteiger partial charge in [-0.25, -0.2) is 8.42 Å². The maximum absolute atomic E-state index is 12.8. The summed E-state index contributed by atoms with van der Waals surface area (Å²) >= 11 is 0. The Morgan fingerprint density at radius 2 is 1.79 bits per heavy atom. The molecule has 0 radical (unpaired) electrons. The molecule has 4 atom stereocenters. The number of hydrogen-bond donors (Lipinski definition) is 1. The zero-order valence-electron chi connectivity index (χ0n) is 24.9. The fourth-order valence-electron chi connectivity index (χ4n) is 5.91. The van der Waals surface area contributed by atoms with Gasteiger partial charge in [0.05, 0.1) is 30.8 Å². The lowest BCUT2D eigenvalue weighted by atomic mass is 9.82. The van der Waals surface area contributed by atoms with Gasteiger partial charge >= 0.3 is 0 Å². The van der Waals surface area contributed by atoms with E-state index in [9.17, 15) is 13.2 Å². The molecular formula is C33H40N2O7S. The van der Waals surface area contributed by atoms with Crippen LogP contribution >= 0.6 is 0 Å². The number of anilines is 1. The number of methoxy groups -OCH3 is 2. The van der Waals surface area contributed by atoms with E-state index in [1.165, 1.54) is 11.8 Å². The molecule has 1 amide bonds. The largest absolute Gasteiger partial charge is 0.497 e. The number of carbonyl (C=O) groups is 1. The number of piperidine rings is 1. The Kier molecular flexibility index (Phi) is 10.0. The lowest BCUT2D eigenvalue weighted by molar-refractivity contribution is -0.121. The SMILES string of the molecule is COCCCN1C(=O)COc2ccc(C(CS(C)(=O)=O)O[C@H]3CN[C@H](c4ccccc4)C[C@@H]3c3ccc(OC)cc3)cc21. The van der Waals surface area contributed by atoms with E-state index < -0.39 is 15.9 Å². The minimum absolute atomic E-state index is 0.00694. The summed E-state index contributed by atoms with van der Waals surface area (Å²) in [6.45, 7) is 1.48. The predicted octanol–water partition coefficient (Wildman–Crippen LogP) is 4.45. The second kappa shape index (κ2) is 13.9. The summed E-state index contributed by atoms with van der Waals surface area (Å²) in [7, 11) is -0.152. The average molecular weight is 609 g/mol. The summed E-state index contributed by atoms with van der Waals surface area (Å²) in [5, 5.41) is 3.64. The van der Waals surface area contributed by atoms with Crippen LogP contribution in [0.4, 0.5) is 5.69 Å². The number of hydrogen-bond acceptors (Lipinski definition) is 8. The van der Waals surface area contributed by atoms with Crippen molar-refractivity contribution in [2.24, 2.45) is 0 Å². The summed E-state index contributed by atoms with van der Waals surface area (Å²) in [6, 6.07) is 23.9. The molecule has 5 rings (SSSR count). The number of carbonyl (C=O) groups excluding carboxylic acids is 1. The second-order valence-corrected chi connectivity index (χ2v) is 13.3. The van der Waals surface area contributed by atoms with Crippen molar-refractivity contribution >= 4 is 21.4 Å². The Morgan fingerprint density at radius 1 is 1.02 bits per heavy atom. The van der Waals surface area contributed by atoms with Gasteiger partial charge in [-0.05, 0) is 53.8 Å². The molecule has 2 aliphatic rings.